The lowest BCUT2D eigenvalue weighted by molar-refractivity contribution is 0.163. The van der Waals surface area contributed by atoms with Gasteiger partial charge in [0.25, 0.3) is 0 Å². The predicted octanol–water partition coefficient (Wildman–Crippen LogP) is 2.17. The third-order valence-corrected chi connectivity index (χ3v) is 2.98. The van der Waals surface area contributed by atoms with E-state index in [0.717, 1.165) is 12.5 Å². The molecule has 1 N–H and O–H groups in total. The van der Waals surface area contributed by atoms with Gasteiger partial charge >= 0.3 is 6.09 Å². The van der Waals surface area contributed by atoms with E-state index in [2.05, 4.69) is 17.0 Å². The van der Waals surface area contributed by atoms with E-state index >= 15 is 0 Å². The highest BCUT2D eigenvalue weighted by molar-refractivity contribution is 5.66. The number of rotatable bonds is 2. The molecule has 0 radical (unpaired) electrons. The Balaban J connectivity index is 2.22. The van der Waals surface area contributed by atoms with Crippen LogP contribution in [0.1, 0.15) is 32.6 Å². The van der Waals surface area contributed by atoms with Crippen LogP contribution in [0.4, 0.5) is 4.79 Å². The van der Waals surface area contributed by atoms with Crippen LogP contribution in [-0.2, 0) is 4.74 Å². The zero-order chi connectivity index (χ0) is 9.68. The molecule has 2 atom stereocenters. The van der Waals surface area contributed by atoms with Gasteiger partial charge in [0.2, 0.25) is 0 Å². The minimum absolute atomic E-state index is 0.308. The fraction of sp³-hybridized carbons (Fsp3) is 0.900. The van der Waals surface area contributed by atoms with Gasteiger partial charge < -0.3 is 10.1 Å². The Labute approximate surface area is 79.8 Å². The van der Waals surface area contributed by atoms with Crippen LogP contribution < -0.4 is 5.32 Å². The lowest BCUT2D eigenvalue weighted by Gasteiger charge is -2.28. The lowest BCUT2D eigenvalue weighted by atomic mass is 9.80. The van der Waals surface area contributed by atoms with Gasteiger partial charge in [-0.2, -0.15) is 0 Å². The summed E-state index contributed by atoms with van der Waals surface area (Å²) in [6, 6.07) is 0. The maximum atomic E-state index is 10.8. The van der Waals surface area contributed by atoms with Crippen molar-refractivity contribution in [3.05, 3.63) is 0 Å². The van der Waals surface area contributed by atoms with E-state index in [0.29, 0.717) is 5.92 Å². The van der Waals surface area contributed by atoms with E-state index in [4.69, 9.17) is 0 Å². The van der Waals surface area contributed by atoms with E-state index in [1.54, 1.807) is 0 Å². The third-order valence-electron chi connectivity index (χ3n) is 2.98. The monoisotopic (exact) mass is 185 g/mol. The SMILES string of the molecule is COC(=O)NCC1CCCCC1C. The number of hydrogen-bond acceptors (Lipinski definition) is 2. The Morgan fingerprint density at radius 3 is 2.77 bits per heavy atom. The second-order valence-electron chi connectivity index (χ2n) is 3.89. The average Bonchev–Trinajstić information content (AvgIpc) is 2.16. The minimum atomic E-state index is -0.308. The fourth-order valence-corrected chi connectivity index (χ4v) is 1.98. The molecule has 0 aromatic rings. The molecule has 2 unspecified atom stereocenters. The molecule has 0 aromatic carbocycles. The molecule has 1 fully saturated rings. The van der Waals surface area contributed by atoms with Crippen LogP contribution in [0.5, 0.6) is 0 Å². The van der Waals surface area contributed by atoms with Gasteiger partial charge in [-0.1, -0.05) is 26.2 Å². The van der Waals surface area contributed by atoms with Gasteiger partial charge in [0.1, 0.15) is 0 Å². The van der Waals surface area contributed by atoms with Crippen LogP contribution >= 0.6 is 0 Å². The molecule has 1 aliphatic rings. The molecule has 0 aliphatic heterocycles. The molecular formula is C10H19NO2. The van der Waals surface area contributed by atoms with Gasteiger partial charge in [-0.25, -0.2) is 4.79 Å². The Morgan fingerprint density at radius 1 is 1.46 bits per heavy atom. The van der Waals surface area contributed by atoms with Crippen LogP contribution in [0.2, 0.25) is 0 Å². The van der Waals surface area contributed by atoms with Crippen molar-refractivity contribution >= 4 is 6.09 Å². The van der Waals surface area contributed by atoms with E-state index in [9.17, 15) is 4.79 Å². The van der Waals surface area contributed by atoms with Gasteiger partial charge in [-0.15, -0.1) is 0 Å². The summed E-state index contributed by atoms with van der Waals surface area (Å²) in [5.41, 5.74) is 0. The normalized spacial score (nSPS) is 28.2. The number of nitrogens with one attached hydrogen (secondary N) is 1. The van der Waals surface area contributed by atoms with E-state index in [-0.39, 0.29) is 6.09 Å². The number of carbonyl (C=O) groups is 1. The number of amides is 1. The van der Waals surface area contributed by atoms with Crippen molar-refractivity contribution in [2.24, 2.45) is 11.8 Å². The van der Waals surface area contributed by atoms with Gasteiger partial charge in [-0.05, 0) is 18.3 Å². The van der Waals surface area contributed by atoms with Crippen molar-refractivity contribution in [2.75, 3.05) is 13.7 Å². The quantitative estimate of drug-likeness (QED) is 0.716. The first-order chi connectivity index (χ1) is 6.24. The summed E-state index contributed by atoms with van der Waals surface area (Å²) in [6.07, 6.45) is 4.88. The van der Waals surface area contributed by atoms with Crippen LogP contribution in [0.3, 0.4) is 0 Å². The standard InChI is InChI=1S/C10H19NO2/c1-8-5-3-4-6-9(8)7-11-10(12)13-2/h8-9H,3-7H2,1-2H3,(H,11,12). The molecule has 3 heteroatoms. The first kappa shape index (κ1) is 10.4. The molecule has 0 spiro atoms. The Morgan fingerprint density at radius 2 is 2.15 bits per heavy atom. The highest BCUT2D eigenvalue weighted by atomic mass is 16.5. The van der Waals surface area contributed by atoms with Crippen molar-refractivity contribution in [3.8, 4) is 0 Å². The minimum Gasteiger partial charge on any atom is -0.453 e. The van der Waals surface area contributed by atoms with Crippen LogP contribution in [0, 0.1) is 11.8 Å². The lowest BCUT2D eigenvalue weighted by Crippen LogP contribution is -2.33. The van der Waals surface area contributed by atoms with Crippen LogP contribution in [0.15, 0.2) is 0 Å². The molecule has 0 bridgehead atoms. The van der Waals surface area contributed by atoms with E-state index in [1.807, 2.05) is 0 Å². The molecule has 0 saturated heterocycles. The first-order valence-corrected chi connectivity index (χ1v) is 5.06. The topological polar surface area (TPSA) is 38.3 Å². The molecule has 1 amide bonds. The van der Waals surface area contributed by atoms with E-state index < -0.39 is 0 Å². The smallest absolute Gasteiger partial charge is 0.406 e. The molecule has 1 aliphatic carbocycles. The summed E-state index contributed by atoms with van der Waals surface area (Å²) < 4.78 is 4.53. The molecule has 1 rings (SSSR count). The summed E-state index contributed by atoms with van der Waals surface area (Å²) in [6.45, 7) is 3.04. The number of ether oxygens (including phenoxy) is 1. The Kier molecular flexibility index (Phi) is 4.06. The maximum absolute atomic E-state index is 10.8. The van der Waals surface area contributed by atoms with Crippen LogP contribution in [-0.4, -0.2) is 19.7 Å². The summed E-state index contributed by atoms with van der Waals surface area (Å²) in [5.74, 6) is 1.39. The summed E-state index contributed by atoms with van der Waals surface area (Å²) in [5, 5.41) is 2.77. The second kappa shape index (κ2) is 5.10. The summed E-state index contributed by atoms with van der Waals surface area (Å²) in [7, 11) is 1.40. The molecule has 0 aromatic heterocycles. The van der Waals surface area contributed by atoms with Crippen molar-refractivity contribution in [1.29, 1.82) is 0 Å². The molecular weight excluding hydrogens is 166 g/mol. The third kappa shape index (κ3) is 3.25. The fourth-order valence-electron chi connectivity index (χ4n) is 1.98. The van der Waals surface area contributed by atoms with Crippen molar-refractivity contribution in [2.45, 2.75) is 32.6 Å². The summed E-state index contributed by atoms with van der Waals surface area (Å²) >= 11 is 0. The van der Waals surface area contributed by atoms with Crippen LogP contribution in [0.25, 0.3) is 0 Å². The number of hydrogen-bond donors (Lipinski definition) is 1. The van der Waals surface area contributed by atoms with Crippen molar-refractivity contribution < 1.29 is 9.53 Å². The number of methoxy groups -OCH3 is 1. The highest BCUT2D eigenvalue weighted by Crippen LogP contribution is 2.28. The largest absolute Gasteiger partial charge is 0.453 e. The van der Waals surface area contributed by atoms with Gasteiger partial charge in [0.05, 0.1) is 7.11 Å². The molecule has 13 heavy (non-hydrogen) atoms. The zero-order valence-corrected chi connectivity index (χ0v) is 8.51. The van der Waals surface area contributed by atoms with Gasteiger partial charge in [0, 0.05) is 6.54 Å². The predicted molar refractivity (Wildman–Crippen MR) is 51.5 cm³/mol. The zero-order valence-electron chi connectivity index (χ0n) is 8.51. The Bertz CT molecular complexity index is 170. The Hall–Kier alpha value is -0.730. The molecule has 76 valence electrons. The molecule has 0 heterocycles. The van der Waals surface area contributed by atoms with E-state index in [1.165, 1.54) is 32.8 Å². The summed E-state index contributed by atoms with van der Waals surface area (Å²) in [4.78, 5) is 10.8. The highest BCUT2D eigenvalue weighted by Gasteiger charge is 2.21. The number of carbonyl (C=O) groups excluding carboxylic acids is 1. The first-order valence-electron chi connectivity index (χ1n) is 5.06. The van der Waals surface area contributed by atoms with Gasteiger partial charge in [-0.3, -0.25) is 0 Å². The molecule has 1 saturated carbocycles. The number of alkyl carbamates (subject to hydrolysis) is 1. The molecule has 3 nitrogen and oxygen atoms in total. The second-order valence-corrected chi connectivity index (χ2v) is 3.89. The van der Waals surface area contributed by atoms with Crippen molar-refractivity contribution in [1.82, 2.24) is 5.32 Å². The van der Waals surface area contributed by atoms with Gasteiger partial charge in [0.15, 0.2) is 0 Å². The van der Waals surface area contributed by atoms with Crippen molar-refractivity contribution in [3.63, 3.8) is 0 Å². The average molecular weight is 185 g/mol. The maximum Gasteiger partial charge on any atom is 0.406 e.